The normalized spacial score (nSPS) is 12.0. The average molecular weight is 242 g/mol. The smallest absolute Gasteiger partial charge is 0.0487 e. The molecule has 0 aliphatic heterocycles. The van der Waals surface area contributed by atoms with E-state index in [1.807, 2.05) is 0 Å². The molecule has 0 aromatic rings. The first kappa shape index (κ1) is 17.0. The molecule has 0 amide bonds. The summed E-state index contributed by atoms with van der Waals surface area (Å²) in [5.74, 6) is 0. The van der Waals surface area contributed by atoms with Crippen LogP contribution in [0.2, 0.25) is 0 Å². The van der Waals surface area contributed by atoms with Crippen molar-refractivity contribution in [3.05, 3.63) is 0 Å². The van der Waals surface area contributed by atoms with E-state index in [0.29, 0.717) is 6.61 Å². The molecule has 0 aromatic carbocycles. The number of hydrogen-bond donors (Lipinski definition) is 1. The topological polar surface area (TPSA) is 20.2 Å². The van der Waals surface area contributed by atoms with Gasteiger partial charge in [0.05, 0.1) is 0 Å². The lowest BCUT2D eigenvalue weighted by Gasteiger charge is -2.32. The molecule has 0 saturated carbocycles. The van der Waals surface area contributed by atoms with E-state index in [2.05, 4.69) is 20.8 Å². The molecule has 0 saturated heterocycles. The quantitative estimate of drug-likeness (QED) is 0.459. The Bertz CT molecular complexity index is 144. The molecule has 0 atom stereocenters. The number of aliphatic hydroxyl groups is 1. The van der Waals surface area contributed by atoms with E-state index in [9.17, 15) is 5.11 Å². The van der Waals surface area contributed by atoms with Gasteiger partial charge in [-0.15, -0.1) is 0 Å². The number of aliphatic hydroxyl groups excluding tert-OH is 1. The molecule has 1 nitrogen and oxygen atoms in total. The first-order valence-corrected chi connectivity index (χ1v) is 7.85. The molecule has 0 rings (SSSR count). The third kappa shape index (κ3) is 7.81. The van der Waals surface area contributed by atoms with Gasteiger partial charge in [-0.3, -0.25) is 0 Å². The van der Waals surface area contributed by atoms with Gasteiger partial charge in [0.15, 0.2) is 0 Å². The predicted octanol–water partition coefficient (Wildman–Crippen LogP) is 5.32. The molecule has 1 heteroatoms. The van der Waals surface area contributed by atoms with Crippen molar-refractivity contribution in [3.63, 3.8) is 0 Å². The van der Waals surface area contributed by atoms with Crippen LogP contribution < -0.4 is 0 Å². The number of rotatable bonds is 12. The van der Waals surface area contributed by atoms with Crippen LogP contribution in [0.5, 0.6) is 0 Å². The molecule has 0 bridgehead atoms. The van der Waals surface area contributed by atoms with Crippen LogP contribution in [0, 0.1) is 5.41 Å². The Hall–Kier alpha value is -0.0400. The van der Waals surface area contributed by atoms with E-state index in [1.165, 1.54) is 70.6 Å². The lowest BCUT2D eigenvalue weighted by Crippen LogP contribution is -2.25. The molecule has 0 unspecified atom stereocenters. The van der Waals surface area contributed by atoms with Gasteiger partial charge in [-0.2, -0.15) is 0 Å². The highest BCUT2D eigenvalue weighted by Crippen LogP contribution is 2.36. The van der Waals surface area contributed by atoms with Crippen molar-refractivity contribution in [1.82, 2.24) is 0 Å². The third-order valence-electron chi connectivity index (χ3n) is 4.02. The third-order valence-corrected chi connectivity index (χ3v) is 4.02. The summed E-state index contributed by atoms with van der Waals surface area (Å²) in [7, 11) is 0. The zero-order chi connectivity index (χ0) is 13.0. The highest BCUT2D eigenvalue weighted by Gasteiger charge is 2.27. The molecule has 0 spiro atoms. The monoisotopic (exact) mass is 242 g/mol. The summed E-state index contributed by atoms with van der Waals surface area (Å²) in [5, 5.41) is 9.80. The highest BCUT2D eigenvalue weighted by atomic mass is 16.3. The first-order valence-electron chi connectivity index (χ1n) is 7.85. The SMILES string of the molecule is CCCCCC(CO)(CCCC)CCCCC. The Morgan fingerprint density at radius 1 is 0.647 bits per heavy atom. The predicted molar refractivity (Wildman–Crippen MR) is 77.3 cm³/mol. The maximum Gasteiger partial charge on any atom is 0.0487 e. The van der Waals surface area contributed by atoms with E-state index in [0.717, 1.165) is 0 Å². The Morgan fingerprint density at radius 2 is 1.06 bits per heavy atom. The van der Waals surface area contributed by atoms with Crippen LogP contribution in [0.1, 0.15) is 91.4 Å². The maximum absolute atomic E-state index is 9.80. The molecule has 1 N–H and O–H groups in total. The van der Waals surface area contributed by atoms with Gasteiger partial charge in [0.1, 0.15) is 0 Å². The molecule has 0 aliphatic carbocycles. The van der Waals surface area contributed by atoms with Gasteiger partial charge in [0.2, 0.25) is 0 Å². The van der Waals surface area contributed by atoms with Crippen molar-refractivity contribution in [2.45, 2.75) is 91.4 Å². The van der Waals surface area contributed by atoms with Crippen LogP contribution in [0.15, 0.2) is 0 Å². The molecule has 0 heterocycles. The molecular weight excluding hydrogens is 208 g/mol. The highest BCUT2D eigenvalue weighted by molar-refractivity contribution is 4.78. The van der Waals surface area contributed by atoms with Crippen LogP contribution >= 0.6 is 0 Å². The van der Waals surface area contributed by atoms with E-state index in [1.54, 1.807) is 0 Å². The molecule has 0 aliphatic rings. The standard InChI is InChI=1S/C16H34O/c1-4-7-10-13-16(15-17,12-9-6-3)14-11-8-5-2/h17H,4-15H2,1-3H3. The van der Waals surface area contributed by atoms with Crippen molar-refractivity contribution < 1.29 is 5.11 Å². The minimum atomic E-state index is 0.250. The van der Waals surface area contributed by atoms with Crippen LogP contribution in [-0.4, -0.2) is 11.7 Å². The summed E-state index contributed by atoms with van der Waals surface area (Å²) in [6.45, 7) is 7.16. The Kier molecular flexibility index (Phi) is 11.0. The van der Waals surface area contributed by atoms with Gasteiger partial charge in [-0.1, -0.05) is 72.1 Å². The summed E-state index contributed by atoms with van der Waals surface area (Å²) >= 11 is 0. The summed E-state index contributed by atoms with van der Waals surface area (Å²) < 4.78 is 0. The summed E-state index contributed by atoms with van der Waals surface area (Å²) in [4.78, 5) is 0. The zero-order valence-electron chi connectivity index (χ0n) is 12.4. The van der Waals surface area contributed by atoms with Gasteiger partial charge in [0, 0.05) is 6.61 Å². The van der Waals surface area contributed by atoms with Crippen LogP contribution in [-0.2, 0) is 0 Å². The largest absolute Gasteiger partial charge is 0.396 e. The Morgan fingerprint density at radius 3 is 1.41 bits per heavy atom. The summed E-state index contributed by atoms with van der Waals surface area (Å²) in [6.07, 6.45) is 14.0. The molecule has 0 fully saturated rings. The second kappa shape index (κ2) is 11.1. The fourth-order valence-electron chi connectivity index (χ4n) is 2.66. The molecule has 0 aromatic heterocycles. The Labute approximate surface area is 109 Å². The van der Waals surface area contributed by atoms with Gasteiger partial charge in [0.25, 0.3) is 0 Å². The van der Waals surface area contributed by atoms with Gasteiger partial charge < -0.3 is 5.11 Å². The first-order chi connectivity index (χ1) is 8.24. The Balaban J connectivity index is 4.17. The van der Waals surface area contributed by atoms with Crippen molar-refractivity contribution in [1.29, 1.82) is 0 Å². The minimum absolute atomic E-state index is 0.250. The van der Waals surface area contributed by atoms with Crippen LogP contribution in [0.3, 0.4) is 0 Å². The molecular formula is C16H34O. The minimum Gasteiger partial charge on any atom is -0.396 e. The van der Waals surface area contributed by atoms with Crippen molar-refractivity contribution in [2.75, 3.05) is 6.61 Å². The van der Waals surface area contributed by atoms with E-state index in [-0.39, 0.29) is 5.41 Å². The fraction of sp³-hybridized carbons (Fsp3) is 1.00. The van der Waals surface area contributed by atoms with Gasteiger partial charge >= 0.3 is 0 Å². The van der Waals surface area contributed by atoms with Gasteiger partial charge in [-0.25, -0.2) is 0 Å². The second-order valence-electron chi connectivity index (χ2n) is 5.68. The molecule has 0 radical (unpaired) electrons. The van der Waals surface area contributed by atoms with Crippen molar-refractivity contribution >= 4 is 0 Å². The second-order valence-corrected chi connectivity index (χ2v) is 5.68. The maximum atomic E-state index is 9.80. The molecule has 17 heavy (non-hydrogen) atoms. The lowest BCUT2D eigenvalue weighted by atomic mass is 9.75. The molecule has 104 valence electrons. The van der Waals surface area contributed by atoms with Crippen LogP contribution in [0.25, 0.3) is 0 Å². The van der Waals surface area contributed by atoms with E-state index >= 15 is 0 Å². The lowest BCUT2D eigenvalue weighted by molar-refractivity contribution is 0.0866. The average Bonchev–Trinajstić information content (AvgIpc) is 2.36. The summed E-state index contributed by atoms with van der Waals surface area (Å²) in [5.41, 5.74) is 0.250. The van der Waals surface area contributed by atoms with E-state index < -0.39 is 0 Å². The van der Waals surface area contributed by atoms with Crippen LogP contribution in [0.4, 0.5) is 0 Å². The van der Waals surface area contributed by atoms with Crippen molar-refractivity contribution in [3.8, 4) is 0 Å². The number of unbranched alkanes of at least 4 members (excludes halogenated alkanes) is 5. The zero-order valence-corrected chi connectivity index (χ0v) is 12.4. The van der Waals surface area contributed by atoms with Gasteiger partial charge in [-0.05, 0) is 24.7 Å². The van der Waals surface area contributed by atoms with E-state index in [4.69, 9.17) is 0 Å². The number of hydrogen-bond acceptors (Lipinski definition) is 1. The summed E-state index contributed by atoms with van der Waals surface area (Å²) in [6, 6.07) is 0. The fourth-order valence-corrected chi connectivity index (χ4v) is 2.66. The van der Waals surface area contributed by atoms with Crippen molar-refractivity contribution in [2.24, 2.45) is 5.41 Å².